The summed E-state index contributed by atoms with van der Waals surface area (Å²) >= 11 is 0. The van der Waals surface area contributed by atoms with E-state index in [0.29, 0.717) is 19.0 Å². The smallest absolute Gasteiger partial charge is 0.225 e. The highest BCUT2D eigenvalue weighted by Crippen LogP contribution is 2.22. The molecule has 0 spiro atoms. The van der Waals surface area contributed by atoms with Gasteiger partial charge in [0.25, 0.3) is 0 Å². The van der Waals surface area contributed by atoms with E-state index in [9.17, 15) is 9.59 Å². The largest absolute Gasteiger partial charge is 0.353 e. The van der Waals surface area contributed by atoms with Crippen LogP contribution in [-0.2, 0) is 9.59 Å². The summed E-state index contributed by atoms with van der Waals surface area (Å²) < 4.78 is 0. The molecule has 0 bridgehead atoms. The van der Waals surface area contributed by atoms with E-state index < -0.39 is 0 Å². The van der Waals surface area contributed by atoms with Crippen molar-refractivity contribution in [2.24, 2.45) is 5.92 Å². The maximum atomic E-state index is 11.9. The molecule has 0 aromatic carbocycles. The van der Waals surface area contributed by atoms with Gasteiger partial charge < -0.3 is 15.1 Å². The van der Waals surface area contributed by atoms with Gasteiger partial charge >= 0.3 is 0 Å². The van der Waals surface area contributed by atoms with Crippen LogP contribution in [0.5, 0.6) is 0 Å². The Morgan fingerprint density at radius 1 is 1.44 bits per heavy atom. The lowest BCUT2D eigenvalue weighted by atomic mass is 10.1. The zero-order valence-electron chi connectivity index (χ0n) is 11.3. The summed E-state index contributed by atoms with van der Waals surface area (Å²) in [5, 5.41) is 2.99. The molecule has 1 unspecified atom stereocenters. The van der Waals surface area contributed by atoms with E-state index in [4.69, 9.17) is 0 Å². The fourth-order valence-corrected chi connectivity index (χ4v) is 2.29. The van der Waals surface area contributed by atoms with E-state index in [0.717, 1.165) is 32.4 Å². The van der Waals surface area contributed by atoms with Gasteiger partial charge in [0.05, 0.1) is 5.92 Å². The molecule has 18 heavy (non-hydrogen) atoms. The molecule has 102 valence electrons. The molecule has 1 heterocycles. The highest BCUT2D eigenvalue weighted by molar-refractivity contribution is 5.89. The van der Waals surface area contributed by atoms with Gasteiger partial charge in [-0.1, -0.05) is 0 Å². The number of carbonyl (C=O) groups is 2. The summed E-state index contributed by atoms with van der Waals surface area (Å²) in [5.41, 5.74) is 0. The summed E-state index contributed by atoms with van der Waals surface area (Å²) in [7, 11) is 4.05. The van der Waals surface area contributed by atoms with Crippen LogP contribution in [0.3, 0.4) is 0 Å². The highest BCUT2D eigenvalue weighted by atomic mass is 16.2. The zero-order chi connectivity index (χ0) is 13.1. The lowest BCUT2D eigenvalue weighted by molar-refractivity contribution is -0.129. The third-order valence-electron chi connectivity index (χ3n) is 3.54. The number of hydrogen-bond donors (Lipinski definition) is 1. The van der Waals surface area contributed by atoms with Crippen molar-refractivity contribution in [3.63, 3.8) is 0 Å². The molecule has 5 heteroatoms. The Morgan fingerprint density at radius 3 is 2.78 bits per heavy atom. The molecule has 1 N–H and O–H groups in total. The van der Waals surface area contributed by atoms with Gasteiger partial charge in [-0.3, -0.25) is 9.59 Å². The number of nitrogens with zero attached hydrogens (tertiary/aromatic N) is 2. The third kappa shape index (κ3) is 3.70. The Bertz CT molecular complexity index is 326. The second kappa shape index (κ2) is 5.69. The van der Waals surface area contributed by atoms with Gasteiger partial charge in [-0.2, -0.15) is 0 Å². The average molecular weight is 253 g/mol. The normalized spacial score (nSPS) is 23.8. The fraction of sp³-hybridized carbons (Fsp3) is 0.846. The van der Waals surface area contributed by atoms with E-state index in [-0.39, 0.29) is 17.7 Å². The number of carbonyl (C=O) groups excluding carboxylic acids is 2. The van der Waals surface area contributed by atoms with Crippen LogP contribution >= 0.6 is 0 Å². The molecule has 0 aromatic heterocycles. The maximum absolute atomic E-state index is 11.9. The first-order valence-electron chi connectivity index (χ1n) is 6.79. The second-order valence-corrected chi connectivity index (χ2v) is 5.68. The lowest BCUT2D eigenvalue weighted by Crippen LogP contribution is -2.34. The van der Waals surface area contributed by atoms with E-state index in [2.05, 4.69) is 10.2 Å². The van der Waals surface area contributed by atoms with E-state index in [1.807, 2.05) is 19.0 Å². The minimum atomic E-state index is -0.127. The topological polar surface area (TPSA) is 52.6 Å². The summed E-state index contributed by atoms with van der Waals surface area (Å²) in [6.45, 7) is 2.34. The summed E-state index contributed by atoms with van der Waals surface area (Å²) in [4.78, 5) is 27.6. The molecule has 5 nitrogen and oxygen atoms in total. The molecule has 2 rings (SSSR count). The van der Waals surface area contributed by atoms with E-state index in [1.165, 1.54) is 0 Å². The third-order valence-corrected chi connectivity index (χ3v) is 3.54. The Morgan fingerprint density at radius 2 is 2.17 bits per heavy atom. The van der Waals surface area contributed by atoms with Crippen molar-refractivity contribution < 1.29 is 9.59 Å². The molecule has 1 saturated heterocycles. The number of amides is 2. The van der Waals surface area contributed by atoms with Crippen molar-refractivity contribution in [3.8, 4) is 0 Å². The lowest BCUT2D eigenvalue weighted by Gasteiger charge is -2.18. The first-order valence-corrected chi connectivity index (χ1v) is 6.79. The number of rotatable bonds is 6. The van der Waals surface area contributed by atoms with E-state index in [1.54, 1.807) is 0 Å². The van der Waals surface area contributed by atoms with Crippen molar-refractivity contribution in [1.29, 1.82) is 0 Å². The molecule has 0 aromatic rings. The van der Waals surface area contributed by atoms with Crippen LogP contribution in [0.4, 0.5) is 0 Å². The van der Waals surface area contributed by atoms with Crippen molar-refractivity contribution in [3.05, 3.63) is 0 Å². The van der Waals surface area contributed by atoms with Gasteiger partial charge in [-0.25, -0.2) is 0 Å². The van der Waals surface area contributed by atoms with Crippen LogP contribution in [0.25, 0.3) is 0 Å². The van der Waals surface area contributed by atoms with Crippen molar-refractivity contribution in [2.75, 3.05) is 33.7 Å². The first kappa shape index (κ1) is 13.3. The Labute approximate surface area is 108 Å². The quantitative estimate of drug-likeness (QED) is 0.728. The van der Waals surface area contributed by atoms with Crippen LogP contribution in [0.1, 0.15) is 25.7 Å². The molecule has 0 radical (unpaired) electrons. The minimum absolute atomic E-state index is 0.0703. The maximum Gasteiger partial charge on any atom is 0.225 e. The first-order chi connectivity index (χ1) is 8.56. The molecule has 1 atom stereocenters. The van der Waals surface area contributed by atoms with E-state index >= 15 is 0 Å². The number of hydrogen-bond acceptors (Lipinski definition) is 3. The van der Waals surface area contributed by atoms with Crippen molar-refractivity contribution in [2.45, 2.75) is 31.7 Å². The molecule has 1 aliphatic carbocycles. The van der Waals surface area contributed by atoms with Crippen molar-refractivity contribution in [1.82, 2.24) is 15.1 Å². The molecule has 2 fully saturated rings. The van der Waals surface area contributed by atoms with Crippen LogP contribution in [0.15, 0.2) is 0 Å². The summed E-state index contributed by atoms with van der Waals surface area (Å²) in [6, 6.07) is 0.385. The van der Waals surface area contributed by atoms with Gasteiger partial charge in [-0.05, 0) is 39.9 Å². The zero-order valence-corrected chi connectivity index (χ0v) is 11.3. The predicted octanol–water partition coefficient (Wildman–Crippen LogP) is 0.0652. The van der Waals surface area contributed by atoms with Gasteiger partial charge in [-0.15, -0.1) is 0 Å². The Kier molecular flexibility index (Phi) is 4.22. The van der Waals surface area contributed by atoms with Gasteiger partial charge in [0, 0.05) is 25.6 Å². The molecular weight excluding hydrogens is 230 g/mol. The molecule has 1 saturated carbocycles. The SMILES string of the molecule is CN(C)CCCN1CC(C(=O)NC2CC2)CC1=O. The molecule has 2 aliphatic rings. The number of nitrogens with one attached hydrogen (secondary N) is 1. The van der Waals surface area contributed by atoms with Gasteiger partial charge in [0.15, 0.2) is 0 Å². The second-order valence-electron chi connectivity index (χ2n) is 5.68. The molecular formula is C13H23N3O2. The Hall–Kier alpha value is -1.10. The van der Waals surface area contributed by atoms with Crippen LogP contribution < -0.4 is 5.32 Å². The molecule has 2 amide bonds. The van der Waals surface area contributed by atoms with Gasteiger partial charge in [0.1, 0.15) is 0 Å². The van der Waals surface area contributed by atoms with Crippen LogP contribution in [0.2, 0.25) is 0 Å². The summed E-state index contributed by atoms with van der Waals surface area (Å²) in [5.74, 6) is 0.0723. The summed E-state index contributed by atoms with van der Waals surface area (Å²) in [6.07, 6.45) is 3.55. The minimum Gasteiger partial charge on any atom is -0.353 e. The predicted molar refractivity (Wildman–Crippen MR) is 69.0 cm³/mol. The number of likely N-dealkylation sites (tertiary alicyclic amines) is 1. The van der Waals surface area contributed by atoms with Crippen molar-refractivity contribution >= 4 is 11.8 Å². The fourth-order valence-electron chi connectivity index (χ4n) is 2.29. The standard InChI is InChI=1S/C13H23N3O2/c1-15(2)6-3-7-16-9-10(8-12(16)17)13(18)14-11-4-5-11/h10-11H,3-9H2,1-2H3,(H,14,18). The van der Waals surface area contributed by atoms with Crippen LogP contribution in [-0.4, -0.2) is 61.4 Å². The highest BCUT2D eigenvalue weighted by Gasteiger charge is 2.35. The monoisotopic (exact) mass is 253 g/mol. The Balaban J connectivity index is 1.73. The van der Waals surface area contributed by atoms with Crippen LogP contribution in [0, 0.1) is 5.92 Å². The average Bonchev–Trinajstić information content (AvgIpc) is 3.02. The molecule has 1 aliphatic heterocycles. The van der Waals surface area contributed by atoms with Gasteiger partial charge in [0.2, 0.25) is 11.8 Å².